The molecule has 6 nitrogen and oxygen atoms in total. The van der Waals surface area contributed by atoms with E-state index in [4.69, 9.17) is 4.74 Å². The first kappa shape index (κ1) is 21.6. The van der Waals surface area contributed by atoms with Crippen LogP contribution in [-0.2, 0) is 0 Å². The Morgan fingerprint density at radius 1 is 1.10 bits per heavy atom. The van der Waals surface area contributed by atoms with Crippen molar-refractivity contribution in [2.75, 3.05) is 45.2 Å². The van der Waals surface area contributed by atoms with E-state index in [1.54, 1.807) is 13.3 Å². The highest BCUT2D eigenvalue weighted by molar-refractivity contribution is 5.98. The van der Waals surface area contributed by atoms with Gasteiger partial charge in [0.15, 0.2) is 0 Å². The lowest BCUT2D eigenvalue weighted by Crippen LogP contribution is -2.42. The molecule has 0 radical (unpaired) electrons. The molecule has 2 atom stereocenters. The van der Waals surface area contributed by atoms with E-state index in [1.807, 2.05) is 24.3 Å². The molecule has 0 saturated carbocycles. The molecule has 6 heteroatoms. The van der Waals surface area contributed by atoms with E-state index in [-0.39, 0.29) is 11.9 Å². The van der Waals surface area contributed by atoms with Gasteiger partial charge in [-0.2, -0.15) is 0 Å². The normalized spacial score (nSPS) is 22.2. The number of rotatable bonds is 6. The van der Waals surface area contributed by atoms with E-state index in [2.05, 4.69) is 39.3 Å². The van der Waals surface area contributed by atoms with Gasteiger partial charge >= 0.3 is 0 Å². The van der Waals surface area contributed by atoms with Gasteiger partial charge in [0, 0.05) is 31.9 Å². The average Bonchev–Trinajstić information content (AvgIpc) is 2.83. The van der Waals surface area contributed by atoms with Crippen molar-refractivity contribution in [1.29, 1.82) is 0 Å². The number of likely N-dealkylation sites (tertiary alicyclic amines) is 1. The predicted molar refractivity (Wildman–Crippen MR) is 124 cm³/mol. The van der Waals surface area contributed by atoms with Crippen LogP contribution in [0.4, 0.5) is 5.82 Å². The Kier molecular flexibility index (Phi) is 7.07. The summed E-state index contributed by atoms with van der Waals surface area (Å²) in [6.45, 7) is 3.69. The molecule has 166 valence electrons. The van der Waals surface area contributed by atoms with Gasteiger partial charge in [-0.05, 0) is 81.4 Å². The molecule has 2 aliphatic heterocycles. The van der Waals surface area contributed by atoms with E-state index in [9.17, 15) is 4.79 Å². The number of nitrogens with zero attached hydrogens (tertiary/aromatic N) is 3. The number of aromatic nitrogens is 1. The molecule has 3 heterocycles. The topological polar surface area (TPSA) is 57.7 Å². The van der Waals surface area contributed by atoms with Gasteiger partial charge < -0.3 is 15.0 Å². The summed E-state index contributed by atoms with van der Waals surface area (Å²) in [4.78, 5) is 22.4. The Hall–Kier alpha value is -2.60. The Labute approximate surface area is 185 Å². The number of ether oxygens (including phenoxy) is 1. The fraction of sp³-hybridized carbons (Fsp3) is 0.520. The molecule has 1 aromatic carbocycles. The smallest absolute Gasteiger partial charge is 0.255 e. The van der Waals surface area contributed by atoms with E-state index < -0.39 is 0 Å². The van der Waals surface area contributed by atoms with Crippen LogP contribution in [0, 0.1) is 5.92 Å². The largest absolute Gasteiger partial charge is 0.497 e. The monoisotopic (exact) mass is 422 g/mol. The van der Waals surface area contributed by atoms with Gasteiger partial charge in [-0.3, -0.25) is 9.69 Å². The van der Waals surface area contributed by atoms with Crippen LogP contribution in [-0.4, -0.2) is 56.1 Å². The third kappa shape index (κ3) is 5.01. The minimum atomic E-state index is -0.0182. The van der Waals surface area contributed by atoms with Crippen LogP contribution >= 0.6 is 0 Å². The van der Waals surface area contributed by atoms with Gasteiger partial charge in [0.1, 0.15) is 11.6 Å². The summed E-state index contributed by atoms with van der Waals surface area (Å²) < 4.78 is 5.32. The molecule has 0 spiro atoms. The Morgan fingerprint density at radius 3 is 2.61 bits per heavy atom. The summed E-state index contributed by atoms with van der Waals surface area (Å²) >= 11 is 0. The van der Waals surface area contributed by atoms with Crippen molar-refractivity contribution in [2.45, 2.75) is 38.1 Å². The second-order valence-electron chi connectivity index (χ2n) is 8.73. The molecule has 1 N–H and O–H groups in total. The summed E-state index contributed by atoms with van der Waals surface area (Å²) in [6, 6.07) is 12.4. The van der Waals surface area contributed by atoms with Crippen LogP contribution in [0.25, 0.3) is 0 Å². The van der Waals surface area contributed by atoms with Crippen LogP contribution in [0.5, 0.6) is 5.75 Å². The summed E-state index contributed by atoms with van der Waals surface area (Å²) in [5.74, 6) is 2.04. The van der Waals surface area contributed by atoms with Gasteiger partial charge in [-0.1, -0.05) is 12.1 Å². The number of carbonyl (C=O) groups is 1. The number of nitrogens with one attached hydrogen (secondary N) is 1. The molecule has 1 aromatic heterocycles. The zero-order chi connectivity index (χ0) is 21.6. The molecule has 4 rings (SSSR count). The number of benzene rings is 1. The molecule has 2 aromatic rings. The lowest BCUT2D eigenvalue weighted by molar-refractivity contribution is 0.0891. The number of carbonyl (C=O) groups excluding carboxylic acids is 1. The highest BCUT2D eigenvalue weighted by atomic mass is 16.5. The Morgan fingerprint density at radius 2 is 1.87 bits per heavy atom. The highest BCUT2D eigenvalue weighted by Crippen LogP contribution is 2.35. The molecule has 1 amide bonds. The first-order chi connectivity index (χ1) is 15.2. The summed E-state index contributed by atoms with van der Waals surface area (Å²) in [5, 5.41) is 3.23. The maximum Gasteiger partial charge on any atom is 0.255 e. The van der Waals surface area contributed by atoms with Crippen molar-refractivity contribution in [2.24, 2.45) is 5.92 Å². The molecule has 2 fully saturated rings. The van der Waals surface area contributed by atoms with Crippen molar-refractivity contribution < 1.29 is 9.53 Å². The average molecular weight is 423 g/mol. The van der Waals surface area contributed by atoms with Gasteiger partial charge in [-0.25, -0.2) is 4.98 Å². The van der Waals surface area contributed by atoms with E-state index >= 15 is 0 Å². The molecule has 2 saturated heterocycles. The summed E-state index contributed by atoms with van der Waals surface area (Å²) in [6.07, 6.45) is 7.62. The minimum Gasteiger partial charge on any atom is -0.497 e. The fourth-order valence-corrected chi connectivity index (χ4v) is 5.05. The second-order valence-corrected chi connectivity index (χ2v) is 8.73. The Balaban J connectivity index is 1.46. The number of hydrogen-bond donors (Lipinski definition) is 1. The molecular weight excluding hydrogens is 388 g/mol. The summed E-state index contributed by atoms with van der Waals surface area (Å²) in [5.41, 5.74) is 1.96. The molecule has 2 unspecified atom stereocenters. The quantitative estimate of drug-likeness (QED) is 0.765. The van der Waals surface area contributed by atoms with Crippen LogP contribution in [0.15, 0.2) is 42.6 Å². The third-order valence-corrected chi connectivity index (χ3v) is 6.68. The Bertz CT molecular complexity index is 864. The number of pyridine rings is 1. The van der Waals surface area contributed by atoms with E-state index in [0.717, 1.165) is 56.9 Å². The SMILES string of the molecule is COc1ccc(C2C(CNC(=O)c3cccnc3N3CCCCC3)CCCN2C)cc1. The van der Waals surface area contributed by atoms with Crippen LogP contribution < -0.4 is 15.0 Å². The van der Waals surface area contributed by atoms with Gasteiger partial charge in [0.25, 0.3) is 5.91 Å². The standard InChI is InChI=1S/C25H34N4O2/c1-28-15-7-8-20(23(28)19-10-12-21(31-2)13-11-19)18-27-25(30)22-9-6-14-26-24(22)29-16-4-3-5-17-29/h6,9-14,20,23H,3-5,7-8,15-18H2,1-2H3,(H,27,30). The van der Waals surface area contributed by atoms with Gasteiger partial charge in [-0.15, -0.1) is 0 Å². The molecule has 31 heavy (non-hydrogen) atoms. The first-order valence-electron chi connectivity index (χ1n) is 11.5. The van der Waals surface area contributed by atoms with Crippen molar-refractivity contribution >= 4 is 11.7 Å². The third-order valence-electron chi connectivity index (χ3n) is 6.68. The summed E-state index contributed by atoms with van der Waals surface area (Å²) in [7, 11) is 3.87. The van der Waals surface area contributed by atoms with Crippen LogP contribution in [0.2, 0.25) is 0 Å². The number of methoxy groups -OCH3 is 1. The molecule has 2 aliphatic rings. The molecule has 0 bridgehead atoms. The maximum absolute atomic E-state index is 13.2. The van der Waals surface area contributed by atoms with E-state index in [1.165, 1.54) is 12.0 Å². The van der Waals surface area contributed by atoms with Crippen molar-refractivity contribution in [3.63, 3.8) is 0 Å². The van der Waals surface area contributed by atoms with Crippen molar-refractivity contribution in [3.05, 3.63) is 53.7 Å². The van der Waals surface area contributed by atoms with Crippen molar-refractivity contribution in [1.82, 2.24) is 15.2 Å². The zero-order valence-electron chi connectivity index (χ0n) is 18.7. The maximum atomic E-state index is 13.2. The van der Waals surface area contributed by atoms with Gasteiger partial charge in [0.2, 0.25) is 0 Å². The lowest BCUT2D eigenvalue weighted by Gasteiger charge is -2.39. The van der Waals surface area contributed by atoms with Crippen LogP contribution in [0.3, 0.4) is 0 Å². The number of piperidine rings is 2. The van der Waals surface area contributed by atoms with Crippen molar-refractivity contribution in [3.8, 4) is 5.75 Å². The van der Waals surface area contributed by atoms with Crippen LogP contribution in [0.1, 0.15) is 54.1 Å². The first-order valence-corrected chi connectivity index (χ1v) is 11.5. The van der Waals surface area contributed by atoms with Gasteiger partial charge in [0.05, 0.1) is 12.7 Å². The number of hydrogen-bond acceptors (Lipinski definition) is 5. The fourth-order valence-electron chi connectivity index (χ4n) is 5.05. The highest BCUT2D eigenvalue weighted by Gasteiger charge is 2.31. The number of anilines is 1. The molecule has 0 aliphatic carbocycles. The predicted octanol–water partition coefficient (Wildman–Crippen LogP) is 3.89. The lowest BCUT2D eigenvalue weighted by atomic mass is 9.85. The van der Waals surface area contributed by atoms with E-state index in [0.29, 0.717) is 18.0 Å². The zero-order valence-corrected chi connectivity index (χ0v) is 18.7. The second kappa shape index (κ2) is 10.1. The minimum absolute atomic E-state index is 0.0182. The molecular formula is C25H34N4O2. The number of amides is 1.